The molecule has 26 heavy (non-hydrogen) atoms. The van der Waals surface area contributed by atoms with Crippen LogP contribution in [0.15, 0.2) is 53.3 Å². The van der Waals surface area contributed by atoms with Crippen molar-refractivity contribution < 1.29 is 14.7 Å². The lowest BCUT2D eigenvalue weighted by Crippen LogP contribution is -2.19. The molecule has 0 saturated heterocycles. The standard InChI is InChI=1S/C19H15ClN2O4/c20-10-5-6-11(15(7-10)19(21)26)14(9-18(24)25)13-8-17(23)22-16-4-2-1-3-12(13)16/h1-8,14H,9H2,(H2,21,26)(H,22,23)(H,24,25). The van der Waals surface area contributed by atoms with E-state index in [4.69, 9.17) is 17.3 Å². The van der Waals surface area contributed by atoms with Crippen molar-refractivity contribution in [2.45, 2.75) is 12.3 Å². The number of carbonyl (C=O) groups excluding carboxylic acids is 1. The summed E-state index contributed by atoms with van der Waals surface area (Å²) in [4.78, 5) is 38.2. The smallest absolute Gasteiger partial charge is 0.304 e. The van der Waals surface area contributed by atoms with Crippen LogP contribution in [0, 0.1) is 0 Å². The van der Waals surface area contributed by atoms with E-state index in [0.29, 0.717) is 27.1 Å². The molecular weight excluding hydrogens is 356 g/mol. The van der Waals surface area contributed by atoms with Crippen LogP contribution in [0.4, 0.5) is 0 Å². The molecule has 132 valence electrons. The molecule has 1 amide bonds. The first kappa shape index (κ1) is 17.7. The van der Waals surface area contributed by atoms with Crippen LogP contribution < -0.4 is 11.3 Å². The molecule has 3 rings (SSSR count). The van der Waals surface area contributed by atoms with Crippen LogP contribution in [0.2, 0.25) is 5.02 Å². The maximum atomic E-state index is 12.1. The van der Waals surface area contributed by atoms with Crippen molar-refractivity contribution in [2.24, 2.45) is 5.73 Å². The molecule has 0 saturated carbocycles. The number of para-hydroxylation sites is 1. The highest BCUT2D eigenvalue weighted by molar-refractivity contribution is 6.31. The Hall–Kier alpha value is -3.12. The van der Waals surface area contributed by atoms with Gasteiger partial charge in [0.25, 0.3) is 0 Å². The molecule has 4 N–H and O–H groups in total. The molecule has 1 atom stereocenters. The Morgan fingerprint density at radius 2 is 1.85 bits per heavy atom. The van der Waals surface area contributed by atoms with Gasteiger partial charge in [0.05, 0.1) is 6.42 Å². The lowest BCUT2D eigenvalue weighted by atomic mass is 9.84. The van der Waals surface area contributed by atoms with Crippen LogP contribution in [0.25, 0.3) is 10.9 Å². The molecule has 1 aromatic heterocycles. The van der Waals surface area contributed by atoms with Crippen molar-refractivity contribution in [3.05, 3.63) is 80.6 Å². The molecule has 0 aliphatic heterocycles. The number of nitrogens with two attached hydrogens (primary N) is 1. The zero-order chi connectivity index (χ0) is 18.8. The number of primary amides is 1. The monoisotopic (exact) mass is 370 g/mol. The molecule has 1 heterocycles. The number of rotatable bonds is 5. The second-order valence-corrected chi connectivity index (χ2v) is 6.32. The Morgan fingerprint density at radius 1 is 1.12 bits per heavy atom. The van der Waals surface area contributed by atoms with Crippen molar-refractivity contribution >= 4 is 34.4 Å². The van der Waals surface area contributed by atoms with Gasteiger partial charge in [-0.2, -0.15) is 0 Å². The lowest BCUT2D eigenvalue weighted by Gasteiger charge is -2.20. The number of halogens is 1. The van der Waals surface area contributed by atoms with E-state index in [1.165, 1.54) is 12.1 Å². The summed E-state index contributed by atoms with van der Waals surface area (Å²) in [6, 6.07) is 13.0. The number of fused-ring (bicyclic) bond motifs is 1. The van der Waals surface area contributed by atoms with E-state index in [1.807, 2.05) is 0 Å². The van der Waals surface area contributed by atoms with Crippen LogP contribution >= 0.6 is 11.6 Å². The number of aliphatic carboxylic acids is 1. The van der Waals surface area contributed by atoms with E-state index >= 15 is 0 Å². The summed E-state index contributed by atoms with van der Waals surface area (Å²) in [5.41, 5.74) is 6.75. The number of aromatic amines is 1. The molecule has 0 aliphatic rings. The highest BCUT2D eigenvalue weighted by atomic mass is 35.5. The molecule has 0 radical (unpaired) electrons. The highest BCUT2D eigenvalue weighted by Crippen LogP contribution is 2.34. The highest BCUT2D eigenvalue weighted by Gasteiger charge is 2.25. The van der Waals surface area contributed by atoms with E-state index in [2.05, 4.69) is 4.98 Å². The largest absolute Gasteiger partial charge is 0.481 e. The Labute approximate surface area is 153 Å². The van der Waals surface area contributed by atoms with Crippen molar-refractivity contribution in [3.63, 3.8) is 0 Å². The Bertz CT molecular complexity index is 1070. The number of carbonyl (C=O) groups is 2. The molecule has 0 fully saturated rings. The summed E-state index contributed by atoms with van der Waals surface area (Å²) in [6.07, 6.45) is -0.310. The number of hydrogen-bond acceptors (Lipinski definition) is 3. The van der Waals surface area contributed by atoms with Crippen LogP contribution in [-0.4, -0.2) is 22.0 Å². The summed E-state index contributed by atoms with van der Waals surface area (Å²) in [5.74, 6) is -2.52. The second-order valence-electron chi connectivity index (χ2n) is 5.88. The van der Waals surface area contributed by atoms with Gasteiger partial charge in [0.1, 0.15) is 0 Å². The minimum atomic E-state index is -1.07. The minimum Gasteiger partial charge on any atom is -0.481 e. The zero-order valence-corrected chi connectivity index (χ0v) is 14.3. The maximum absolute atomic E-state index is 12.1. The van der Waals surface area contributed by atoms with Crippen molar-refractivity contribution in [1.29, 1.82) is 0 Å². The van der Waals surface area contributed by atoms with Gasteiger partial charge in [-0.1, -0.05) is 35.9 Å². The first-order valence-corrected chi connectivity index (χ1v) is 8.17. The van der Waals surface area contributed by atoms with Crippen LogP contribution in [0.1, 0.15) is 33.8 Å². The number of benzene rings is 2. The topological polar surface area (TPSA) is 113 Å². The lowest BCUT2D eigenvalue weighted by molar-refractivity contribution is -0.137. The maximum Gasteiger partial charge on any atom is 0.304 e. The number of hydrogen-bond donors (Lipinski definition) is 3. The number of carboxylic acid groups (broad SMARTS) is 1. The van der Waals surface area contributed by atoms with Crippen molar-refractivity contribution in [3.8, 4) is 0 Å². The third kappa shape index (κ3) is 3.45. The second kappa shape index (κ2) is 7.01. The van der Waals surface area contributed by atoms with Gasteiger partial charge in [0.15, 0.2) is 0 Å². The van der Waals surface area contributed by atoms with Crippen LogP contribution in [0.3, 0.4) is 0 Å². The number of amides is 1. The van der Waals surface area contributed by atoms with Gasteiger partial charge in [-0.3, -0.25) is 14.4 Å². The summed E-state index contributed by atoms with van der Waals surface area (Å²) in [6.45, 7) is 0. The molecule has 1 unspecified atom stereocenters. The van der Waals surface area contributed by atoms with Gasteiger partial charge in [-0.25, -0.2) is 0 Å². The van der Waals surface area contributed by atoms with Crippen LogP contribution in [-0.2, 0) is 4.79 Å². The van der Waals surface area contributed by atoms with Gasteiger partial charge in [0, 0.05) is 33.5 Å². The van der Waals surface area contributed by atoms with E-state index in [9.17, 15) is 19.5 Å². The van der Waals surface area contributed by atoms with Gasteiger partial charge in [0.2, 0.25) is 11.5 Å². The molecule has 0 spiro atoms. The average molecular weight is 371 g/mol. The third-order valence-electron chi connectivity index (χ3n) is 4.19. The number of aromatic nitrogens is 1. The molecule has 7 heteroatoms. The number of carboxylic acids is 1. The molecular formula is C19H15ClN2O4. The molecule has 0 aliphatic carbocycles. The third-order valence-corrected chi connectivity index (χ3v) is 4.43. The molecule has 6 nitrogen and oxygen atoms in total. The van der Waals surface area contributed by atoms with Gasteiger partial charge < -0.3 is 15.8 Å². The number of pyridine rings is 1. The minimum absolute atomic E-state index is 0.133. The first-order valence-electron chi connectivity index (χ1n) is 7.80. The van der Waals surface area contributed by atoms with Crippen molar-refractivity contribution in [2.75, 3.05) is 0 Å². The molecule has 0 bridgehead atoms. The Balaban J connectivity index is 2.32. The number of nitrogens with one attached hydrogen (secondary N) is 1. The van der Waals surface area contributed by atoms with Gasteiger partial charge in [-0.15, -0.1) is 0 Å². The predicted octanol–water partition coefficient (Wildman–Crippen LogP) is 2.89. The van der Waals surface area contributed by atoms with E-state index < -0.39 is 17.8 Å². The normalized spacial score (nSPS) is 12.0. The summed E-state index contributed by atoms with van der Waals surface area (Å²) >= 11 is 5.96. The first-order chi connectivity index (χ1) is 12.4. The number of H-pyrrole nitrogens is 1. The SMILES string of the molecule is NC(=O)c1cc(Cl)ccc1C(CC(=O)O)c1cc(=O)[nH]c2ccccc12. The fourth-order valence-electron chi connectivity index (χ4n) is 3.13. The Kier molecular flexibility index (Phi) is 4.77. The molecule has 3 aromatic rings. The fraction of sp³-hybridized carbons (Fsp3) is 0.105. The fourth-order valence-corrected chi connectivity index (χ4v) is 3.30. The van der Waals surface area contributed by atoms with E-state index in [1.54, 1.807) is 36.4 Å². The summed E-state index contributed by atoms with van der Waals surface area (Å²) in [7, 11) is 0. The van der Waals surface area contributed by atoms with E-state index in [0.717, 1.165) is 0 Å². The zero-order valence-electron chi connectivity index (χ0n) is 13.5. The predicted molar refractivity (Wildman–Crippen MR) is 98.6 cm³/mol. The average Bonchev–Trinajstić information content (AvgIpc) is 2.59. The van der Waals surface area contributed by atoms with Gasteiger partial charge >= 0.3 is 5.97 Å². The molecule has 2 aromatic carbocycles. The quantitative estimate of drug-likeness (QED) is 0.640. The summed E-state index contributed by atoms with van der Waals surface area (Å²) in [5, 5.41) is 10.4. The summed E-state index contributed by atoms with van der Waals surface area (Å²) < 4.78 is 0. The van der Waals surface area contributed by atoms with E-state index in [-0.39, 0.29) is 17.5 Å². The Morgan fingerprint density at radius 3 is 2.54 bits per heavy atom. The van der Waals surface area contributed by atoms with Gasteiger partial charge in [-0.05, 0) is 29.3 Å². The van der Waals surface area contributed by atoms with Crippen LogP contribution in [0.5, 0.6) is 0 Å². The van der Waals surface area contributed by atoms with Crippen molar-refractivity contribution in [1.82, 2.24) is 4.98 Å².